The Bertz CT molecular complexity index is 303. The van der Waals surface area contributed by atoms with Crippen molar-refractivity contribution in [2.75, 3.05) is 13.2 Å². The second-order valence-electron chi connectivity index (χ2n) is 4.94. The smallest absolute Gasteiger partial charge is 0.187 e. The molecule has 18 heavy (non-hydrogen) atoms. The molecule has 0 aromatic carbocycles. The van der Waals surface area contributed by atoms with Crippen molar-refractivity contribution in [3.05, 3.63) is 12.7 Å². The van der Waals surface area contributed by atoms with E-state index >= 15 is 0 Å². The molecule has 5 atom stereocenters. The third-order valence-electron chi connectivity index (χ3n) is 3.03. The van der Waals surface area contributed by atoms with Crippen LogP contribution in [0.15, 0.2) is 12.7 Å². The quantitative estimate of drug-likeness (QED) is 0.684. The van der Waals surface area contributed by atoms with Gasteiger partial charge in [0.05, 0.1) is 13.2 Å². The molecule has 0 aliphatic carbocycles. The number of fused-ring (bicyclic) bond motifs is 1. The molecule has 2 aliphatic heterocycles. The molecule has 0 saturated carbocycles. The van der Waals surface area contributed by atoms with Gasteiger partial charge in [0.25, 0.3) is 0 Å². The fraction of sp³-hybridized carbons (Fsp3) is 0.833. The molecule has 2 rings (SSSR count). The third-order valence-corrected chi connectivity index (χ3v) is 3.03. The second-order valence-corrected chi connectivity index (χ2v) is 4.94. The van der Waals surface area contributed by atoms with E-state index in [-0.39, 0.29) is 13.2 Å². The molecule has 0 aromatic heterocycles. The molecule has 0 amide bonds. The van der Waals surface area contributed by atoms with Gasteiger partial charge in [-0.15, -0.1) is 6.58 Å². The summed E-state index contributed by atoms with van der Waals surface area (Å²) in [5, 5.41) is 20.0. The van der Waals surface area contributed by atoms with E-state index in [9.17, 15) is 10.2 Å². The van der Waals surface area contributed by atoms with Crippen molar-refractivity contribution in [1.29, 1.82) is 0 Å². The van der Waals surface area contributed by atoms with Crippen LogP contribution in [-0.2, 0) is 18.9 Å². The van der Waals surface area contributed by atoms with Crippen LogP contribution in [0.25, 0.3) is 0 Å². The zero-order valence-electron chi connectivity index (χ0n) is 10.6. The topological polar surface area (TPSA) is 77.4 Å². The fourth-order valence-corrected chi connectivity index (χ4v) is 2.13. The van der Waals surface area contributed by atoms with Crippen LogP contribution in [0.4, 0.5) is 0 Å². The van der Waals surface area contributed by atoms with Gasteiger partial charge < -0.3 is 29.2 Å². The van der Waals surface area contributed by atoms with Gasteiger partial charge in [0, 0.05) is 0 Å². The zero-order valence-corrected chi connectivity index (χ0v) is 10.6. The van der Waals surface area contributed by atoms with Gasteiger partial charge in [-0.1, -0.05) is 6.08 Å². The van der Waals surface area contributed by atoms with E-state index in [0.29, 0.717) is 0 Å². The molecule has 2 N–H and O–H groups in total. The average molecular weight is 260 g/mol. The molecule has 2 heterocycles. The Morgan fingerprint density at radius 3 is 2.78 bits per heavy atom. The number of hydrogen-bond acceptors (Lipinski definition) is 6. The summed E-state index contributed by atoms with van der Waals surface area (Å²) in [5.41, 5.74) is 0. The molecule has 0 spiro atoms. The van der Waals surface area contributed by atoms with Crippen LogP contribution in [0.3, 0.4) is 0 Å². The highest BCUT2D eigenvalue weighted by Gasteiger charge is 2.50. The monoisotopic (exact) mass is 260 g/mol. The van der Waals surface area contributed by atoms with Crippen molar-refractivity contribution < 1.29 is 29.2 Å². The third kappa shape index (κ3) is 2.74. The van der Waals surface area contributed by atoms with Crippen molar-refractivity contribution in [2.24, 2.45) is 0 Å². The van der Waals surface area contributed by atoms with E-state index in [2.05, 4.69) is 6.58 Å². The second kappa shape index (κ2) is 5.24. The molecule has 2 saturated heterocycles. The first-order valence-electron chi connectivity index (χ1n) is 6.00. The van der Waals surface area contributed by atoms with E-state index in [4.69, 9.17) is 18.9 Å². The molecular weight excluding hydrogens is 240 g/mol. The zero-order chi connectivity index (χ0) is 13.3. The summed E-state index contributed by atoms with van der Waals surface area (Å²) in [5.74, 6) is -0.792. The van der Waals surface area contributed by atoms with Crippen LogP contribution in [0.5, 0.6) is 0 Å². The Kier molecular flexibility index (Phi) is 4.05. The minimum atomic E-state index is -1.15. The Morgan fingerprint density at radius 1 is 1.39 bits per heavy atom. The number of aliphatic hydroxyl groups excluding tert-OH is 2. The Hall–Kier alpha value is -0.500. The first-order valence-corrected chi connectivity index (χ1v) is 6.00. The number of hydrogen-bond donors (Lipinski definition) is 2. The number of ether oxygens (including phenoxy) is 4. The normalized spacial score (nSPS) is 43.2. The molecule has 0 radical (unpaired) electrons. The van der Waals surface area contributed by atoms with E-state index < -0.39 is 36.5 Å². The summed E-state index contributed by atoms with van der Waals surface area (Å²) < 4.78 is 21.8. The van der Waals surface area contributed by atoms with Gasteiger partial charge in [-0.05, 0) is 13.8 Å². The predicted molar refractivity (Wildman–Crippen MR) is 61.7 cm³/mol. The summed E-state index contributed by atoms with van der Waals surface area (Å²) in [7, 11) is 0. The largest absolute Gasteiger partial charge is 0.387 e. The van der Waals surface area contributed by atoms with Gasteiger partial charge in [0.15, 0.2) is 12.1 Å². The van der Waals surface area contributed by atoms with Crippen molar-refractivity contribution in [2.45, 2.75) is 50.3 Å². The van der Waals surface area contributed by atoms with Crippen LogP contribution in [0.1, 0.15) is 13.8 Å². The highest BCUT2D eigenvalue weighted by Crippen LogP contribution is 2.32. The fourth-order valence-electron chi connectivity index (χ4n) is 2.13. The van der Waals surface area contributed by atoms with Crippen LogP contribution in [-0.4, -0.2) is 59.9 Å². The van der Waals surface area contributed by atoms with Gasteiger partial charge >= 0.3 is 0 Å². The highest BCUT2D eigenvalue weighted by molar-refractivity contribution is 4.93. The number of rotatable bonds is 3. The van der Waals surface area contributed by atoms with Gasteiger partial charge in [-0.2, -0.15) is 0 Å². The highest BCUT2D eigenvalue weighted by atomic mass is 16.8. The van der Waals surface area contributed by atoms with E-state index in [1.165, 1.54) is 0 Å². The maximum atomic E-state index is 10.1. The summed E-state index contributed by atoms with van der Waals surface area (Å²) in [4.78, 5) is 0. The summed E-state index contributed by atoms with van der Waals surface area (Å²) in [6.07, 6.45) is -2.64. The first-order chi connectivity index (χ1) is 8.44. The molecule has 0 bridgehead atoms. The van der Waals surface area contributed by atoms with Crippen molar-refractivity contribution in [3.8, 4) is 0 Å². The minimum Gasteiger partial charge on any atom is -0.387 e. The SMILES string of the molecule is C=CCO[C@H]1O[C@@H]2COC(C)(C)O[C@H]2[C@H](O)[C@H]1O. The molecule has 0 aromatic rings. The van der Waals surface area contributed by atoms with Gasteiger partial charge in [-0.3, -0.25) is 0 Å². The van der Waals surface area contributed by atoms with Crippen molar-refractivity contribution >= 4 is 0 Å². The van der Waals surface area contributed by atoms with Crippen molar-refractivity contribution in [1.82, 2.24) is 0 Å². The maximum Gasteiger partial charge on any atom is 0.187 e. The standard InChI is InChI=1S/C12H20O6/c1-4-5-15-11-9(14)8(13)10-7(17-11)6-16-12(2,3)18-10/h4,7-11,13-14H,1,5-6H2,2-3H3/t7-,8-,9-,10-,11+/m1/s1. The van der Waals surface area contributed by atoms with E-state index in [1.807, 2.05) is 0 Å². The molecule has 2 aliphatic rings. The first kappa shape index (κ1) is 13.9. The molecule has 2 fully saturated rings. The lowest BCUT2D eigenvalue weighted by atomic mass is 9.97. The van der Waals surface area contributed by atoms with Crippen molar-refractivity contribution in [3.63, 3.8) is 0 Å². The molecular formula is C12H20O6. The number of aliphatic hydroxyl groups is 2. The lowest BCUT2D eigenvalue weighted by Gasteiger charge is -2.48. The van der Waals surface area contributed by atoms with Crippen LogP contribution in [0, 0.1) is 0 Å². The lowest BCUT2D eigenvalue weighted by Crippen LogP contribution is -2.64. The average Bonchev–Trinajstić information content (AvgIpc) is 2.32. The Morgan fingerprint density at radius 2 is 2.11 bits per heavy atom. The summed E-state index contributed by atoms with van der Waals surface area (Å²) >= 11 is 0. The van der Waals surface area contributed by atoms with Crippen LogP contribution < -0.4 is 0 Å². The molecule has 6 nitrogen and oxygen atoms in total. The van der Waals surface area contributed by atoms with Gasteiger partial charge in [-0.25, -0.2) is 0 Å². The van der Waals surface area contributed by atoms with E-state index in [1.54, 1.807) is 19.9 Å². The molecule has 6 heteroatoms. The Balaban J connectivity index is 2.04. The Labute approximate surface area is 106 Å². The van der Waals surface area contributed by atoms with E-state index in [0.717, 1.165) is 0 Å². The molecule has 0 unspecified atom stereocenters. The lowest BCUT2D eigenvalue weighted by molar-refractivity contribution is -0.381. The minimum absolute atomic E-state index is 0.235. The molecule has 104 valence electrons. The predicted octanol–water partition coefficient (Wildman–Crippen LogP) is -0.213. The summed E-state index contributed by atoms with van der Waals surface area (Å²) in [6, 6.07) is 0. The van der Waals surface area contributed by atoms with Gasteiger partial charge in [0.1, 0.15) is 24.4 Å². The summed E-state index contributed by atoms with van der Waals surface area (Å²) in [6.45, 7) is 7.54. The van der Waals surface area contributed by atoms with Crippen LogP contribution >= 0.6 is 0 Å². The maximum absolute atomic E-state index is 10.1. The van der Waals surface area contributed by atoms with Crippen LogP contribution in [0.2, 0.25) is 0 Å². The van der Waals surface area contributed by atoms with Gasteiger partial charge in [0.2, 0.25) is 0 Å².